The number of rotatable bonds is 4. The number of fused-ring (bicyclic) bond motifs is 1. The van der Waals surface area contributed by atoms with E-state index in [1.54, 1.807) is 11.8 Å². The number of hydrogen-bond acceptors (Lipinski definition) is 4. The summed E-state index contributed by atoms with van der Waals surface area (Å²) in [6.45, 7) is 6.16. The van der Waals surface area contributed by atoms with Crippen molar-refractivity contribution in [1.29, 1.82) is 0 Å². The van der Waals surface area contributed by atoms with E-state index in [-0.39, 0.29) is 29.7 Å². The Balaban J connectivity index is 1.56. The molecule has 0 spiro atoms. The average molecular weight is 371 g/mol. The molecule has 26 heavy (non-hydrogen) atoms. The van der Waals surface area contributed by atoms with Gasteiger partial charge < -0.3 is 14.2 Å². The van der Waals surface area contributed by atoms with Crippen molar-refractivity contribution in [2.24, 2.45) is 5.92 Å². The second-order valence-corrected chi connectivity index (χ2v) is 8.73. The Morgan fingerprint density at radius 2 is 1.50 bits per heavy atom. The normalized spacial score (nSPS) is 33.0. The van der Waals surface area contributed by atoms with Gasteiger partial charge >= 0.3 is 0 Å². The molecule has 2 fully saturated rings. The van der Waals surface area contributed by atoms with Gasteiger partial charge in [0.1, 0.15) is 11.5 Å². The Kier molecular flexibility index (Phi) is 5.11. The van der Waals surface area contributed by atoms with E-state index in [2.05, 4.69) is 61.5 Å². The molecule has 0 aromatic heterocycles. The van der Waals surface area contributed by atoms with Crippen LogP contribution in [0, 0.1) is 5.92 Å². The quantitative estimate of drug-likeness (QED) is 0.765. The van der Waals surface area contributed by atoms with E-state index >= 15 is 0 Å². The second-order valence-electron chi connectivity index (χ2n) is 7.56. The Labute approximate surface area is 160 Å². The molecule has 2 aliphatic rings. The van der Waals surface area contributed by atoms with Crippen LogP contribution in [0.4, 0.5) is 0 Å². The largest absolute Gasteiger partial charge is 0.361 e. The monoisotopic (exact) mass is 370 g/mol. The molecule has 2 saturated heterocycles. The van der Waals surface area contributed by atoms with Gasteiger partial charge in [-0.25, -0.2) is 0 Å². The summed E-state index contributed by atoms with van der Waals surface area (Å²) in [6, 6.07) is 21.0. The molecule has 4 rings (SSSR count). The summed E-state index contributed by atoms with van der Waals surface area (Å²) in [7, 11) is 0. The van der Waals surface area contributed by atoms with E-state index in [9.17, 15) is 0 Å². The van der Waals surface area contributed by atoms with Gasteiger partial charge in [0.2, 0.25) is 0 Å². The fraction of sp³-hybridized carbons (Fsp3) is 0.455. The minimum atomic E-state index is -0.576. The third kappa shape index (κ3) is 3.84. The van der Waals surface area contributed by atoms with Crippen molar-refractivity contribution in [2.45, 2.75) is 61.6 Å². The second kappa shape index (κ2) is 7.35. The number of thioether (sulfide) groups is 1. The maximum absolute atomic E-state index is 6.44. The lowest BCUT2D eigenvalue weighted by atomic mass is 9.85. The molecule has 5 atom stereocenters. The van der Waals surface area contributed by atoms with Crippen LogP contribution in [0.5, 0.6) is 0 Å². The zero-order chi connectivity index (χ0) is 18.1. The van der Waals surface area contributed by atoms with Crippen LogP contribution in [0.1, 0.15) is 26.3 Å². The molecular formula is C22H26O3S. The molecule has 0 unspecified atom stereocenters. The Morgan fingerprint density at radius 1 is 0.885 bits per heavy atom. The van der Waals surface area contributed by atoms with E-state index in [4.69, 9.17) is 14.2 Å². The summed E-state index contributed by atoms with van der Waals surface area (Å²) in [5.74, 6) is -0.301. The summed E-state index contributed by atoms with van der Waals surface area (Å²) in [6.07, 6.45) is 1.01. The lowest BCUT2D eigenvalue weighted by Gasteiger charge is -2.41. The highest BCUT2D eigenvalue weighted by atomic mass is 32.2. The van der Waals surface area contributed by atoms with Crippen LogP contribution in [0.25, 0.3) is 0 Å². The van der Waals surface area contributed by atoms with Crippen LogP contribution in [-0.4, -0.2) is 29.5 Å². The van der Waals surface area contributed by atoms with Gasteiger partial charge in [0.15, 0.2) is 5.79 Å². The molecule has 0 bridgehead atoms. The zero-order valence-corrected chi connectivity index (χ0v) is 16.3. The molecule has 0 aliphatic carbocycles. The van der Waals surface area contributed by atoms with Crippen molar-refractivity contribution < 1.29 is 14.2 Å². The SMILES string of the molecule is C[C@@H]1O[C@@H](Sc2ccccc2)[C@@H]2OC(C)(C)O[C@@H]2[C@H]1Cc1ccccc1. The van der Waals surface area contributed by atoms with Gasteiger partial charge in [0.05, 0.1) is 12.2 Å². The van der Waals surface area contributed by atoms with E-state index in [0.29, 0.717) is 0 Å². The van der Waals surface area contributed by atoms with Crippen molar-refractivity contribution in [2.75, 3.05) is 0 Å². The number of hydrogen-bond donors (Lipinski definition) is 0. The Hall–Kier alpha value is -1.33. The highest BCUT2D eigenvalue weighted by Gasteiger charge is 2.54. The molecule has 0 saturated carbocycles. The first-order valence-electron chi connectivity index (χ1n) is 9.28. The van der Waals surface area contributed by atoms with E-state index in [1.807, 2.05) is 19.9 Å². The van der Waals surface area contributed by atoms with Crippen molar-refractivity contribution >= 4 is 11.8 Å². The molecule has 0 amide bonds. The van der Waals surface area contributed by atoms with Crippen molar-refractivity contribution in [3.8, 4) is 0 Å². The average Bonchev–Trinajstić information content (AvgIpc) is 2.96. The predicted molar refractivity (Wildman–Crippen MR) is 104 cm³/mol. The number of benzene rings is 2. The lowest BCUT2D eigenvalue weighted by Crippen LogP contribution is -2.51. The molecule has 2 aliphatic heterocycles. The van der Waals surface area contributed by atoms with Crippen LogP contribution in [0.2, 0.25) is 0 Å². The highest BCUT2D eigenvalue weighted by Crippen LogP contribution is 2.45. The molecule has 4 heteroatoms. The maximum Gasteiger partial charge on any atom is 0.163 e. The molecular weight excluding hydrogens is 344 g/mol. The third-order valence-electron chi connectivity index (χ3n) is 5.12. The Bertz CT molecular complexity index is 719. The molecule has 0 N–H and O–H groups in total. The highest BCUT2D eigenvalue weighted by molar-refractivity contribution is 7.99. The standard InChI is InChI=1S/C22H26O3S/c1-15-18(14-16-10-6-4-7-11-16)19-20(25-22(2,3)24-19)21(23-15)26-17-12-8-5-9-13-17/h4-13,15,18-21H,14H2,1-3H3/t15-,18-,19+,20+,21-/m0/s1. The summed E-state index contributed by atoms with van der Waals surface area (Å²) >= 11 is 1.73. The summed E-state index contributed by atoms with van der Waals surface area (Å²) < 4.78 is 19.1. The smallest absolute Gasteiger partial charge is 0.163 e. The molecule has 3 nitrogen and oxygen atoms in total. The minimum Gasteiger partial charge on any atom is -0.361 e. The third-order valence-corrected chi connectivity index (χ3v) is 6.27. The van der Waals surface area contributed by atoms with E-state index in [0.717, 1.165) is 6.42 Å². The van der Waals surface area contributed by atoms with Gasteiger partial charge in [-0.1, -0.05) is 60.3 Å². The van der Waals surface area contributed by atoms with Crippen LogP contribution in [0.15, 0.2) is 65.6 Å². The first-order valence-corrected chi connectivity index (χ1v) is 10.2. The molecule has 2 aromatic rings. The minimum absolute atomic E-state index is 0.0372. The van der Waals surface area contributed by atoms with Gasteiger partial charge in [-0.3, -0.25) is 0 Å². The summed E-state index contributed by atoms with van der Waals surface area (Å²) in [5, 5.41) is 0. The molecule has 0 radical (unpaired) electrons. The molecule has 138 valence electrons. The zero-order valence-electron chi connectivity index (χ0n) is 15.5. The van der Waals surface area contributed by atoms with Crippen LogP contribution >= 0.6 is 11.8 Å². The molecule has 2 heterocycles. The van der Waals surface area contributed by atoms with Gasteiger partial charge in [-0.2, -0.15) is 0 Å². The van der Waals surface area contributed by atoms with E-state index in [1.165, 1.54) is 10.5 Å². The van der Waals surface area contributed by atoms with Crippen LogP contribution in [-0.2, 0) is 20.6 Å². The predicted octanol–water partition coefficient (Wildman–Crippen LogP) is 4.90. The van der Waals surface area contributed by atoms with Crippen LogP contribution in [0.3, 0.4) is 0 Å². The first-order chi connectivity index (χ1) is 12.5. The lowest BCUT2D eigenvalue weighted by molar-refractivity contribution is -0.149. The van der Waals surface area contributed by atoms with E-state index < -0.39 is 5.79 Å². The van der Waals surface area contributed by atoms with Gasteiger partial charge in [0.25, 0.3) is 0 Å². The fourth-order valence-electron chi connectivity index (χ4n) is 3.91. The van der Waals surface area contributed by atoms with Gasteiger partial charge in [-0.05, 0) is 44.9 Å². The summed E-state index contributed by atoms with van der Waals surface area (Å²) in [5.41, 5.74) is 1.25. The number of ether oxygens (including phenoxy) is 3. The van der Waals surface area contributed by atoms with Crippen molar-refractivity contribution in [1.82, 2.24) is 0 Å². The van der Waals surface area contributed by atoms with Crippen molar-refractivity contribution in [3.63, 3.8) is 0 Å². The topological polar surface area (TPSA) is 27.7 Å². The first kappa shape index (κ1) is 18.1. The molecule has 2 aromatic carbocycles. The summed E-state index contributed by atoms with van der Waals surface area (Å²) in [4.78, 5) is 1.19. The van der Waals surface area contributed by atoms with Gasteiger partial charge in [-0.15, -0.1) is 0 Å². The van der Waals surface area contributed by atoms with Crippen LogP contribution < -0.4 is 0 Å². The fourth-order valence-corrected chi connectivity index (χ4v) is 5.07. The maximum atomic E-state index is 6.44. The van der Waals surface area contributed by atoms with Gasteiger partial charge in [0, 0.05) is 10.8 Å². The Morgan fingerprint density at radius 3 is 2.19 bits per heavy atom. The van der Waals surface area contributed by atoms with Crippen molar-refractivity contribution in [3.05, 3.63) is 66.2 Å².